The molecule has 0 saturated heterocycles. The number of carbonyl (C=O) groups is 1. The summed E-state index contributed by atoms with van der Waals surface area (Å²) in [6.45, 7) is 6.92. The van der Waals surface area contributed by atoms with Crippen LogP contribution in [0.5, 0.6) is 0 Å². The molecule has 2 heteroatoms. The van der Waals surface area contributed by atoms with Gasteiger partial charge in [-0.15, -0.1) is 0 Å². The lowest BCUT2D eigenvalue weighted by Gasteiger charge is -2.04. The molecule has 1 N–H and O–H groups in total. The fourth-order valence-electron chi connectivity index (χ4n) is 3.54. The van der Waals surface area contributed by atoms with Gasteiger partial charge in [-0.25, -0.2) is 0 Å². The Balaban J connectivity index is 1.60. The number of carbonyl (C=O) groups excluding carboxylic acids is 1. The van der Waals surface area contributed by atoms with Crippen molar-refractivity contribution in [2.45, 2.75) is 26.8 Å². The van der Waals surface area contributed by atoms with Crippen molar-refractivity contribution in [3.63, 3.8) is 0 Å². The fourth-order valence-corrected chi connectivity index (χ4v) is 3.54. The maximum absolute atomic E-state index is 12.1. The summed E-state index contributed by atoms with van der Waals surface area (Å²) in [5, 5.41) is 3.19. The van der Waals surface area contributed by atoms with Crippen LogP contribution in [-0.2, 0) is 0 Å². The van der Waals surface area contributed by atoms with Crippen LogP contribution in [0.4, 0.5) is 0 Å². The summed E-state index contributed by atoms with van der Waals surface area (Å²) in [6, 6.07) is 9.91. The average Bonchev–Trinajstić information content (AvgIpc) is 3.19. The van der Waals surface area contributed by atoms with E-state index in [1.54, 1.807) is 0 Å². The molecule has 1 amide bonds. The second-order valence-electron chi connectivity index (χ2n) is 6.10. The van der Waals surface area contributed by atoms with Gasteiger partial charge in [-0.05, 0) is 41.7 Å². The summed E-state index contributed by atoms with van der Waals surface area (Å²) in [5.41, 5.74) is 0.771. The Kier molecular flexibility index (Phi) is 2.69. The zero-order chi connectivity index (χ0) is 12.9. The molecule has 0 spiro atoms. The highest BCUT2D eigenvalue weighted by atomic mass is 16.1. The lowest BCUT2D eigenvalue weighted by Crippen LogP contribution is -2.27. The molecule has 2 nitrogen and oxygen atoms in total. The van der Waals surface area contributed by atoms with Crippen molar-refractivity contribution in [1.82, 2.24) is 5.32 Å². The third kappa shape index (κ3) is 1.84. The van der Waals surface area contributed by atoms with Crippen LogP contribution in [0.25, 0.3) is 0 Å². The zero-order valence-electron chi connectivity index (χ0n) is 11.3. The minimum Gasteiger partial charge on any atom is -0.349 e. The summed E-state index contributed by atoms with van der Waals surface area (Å²) in [7, 11) is 0. The molecule has 0 aliphatic heterocycles. The molecule has 0 bridgehead atoms. The number of rotatable bonds is 3. The Bertz CT molecular complexity index is 447. The Hall–Kier alpha value is -1.31. The first-order valence-corrected chi connectivity index (χ1v) is 6.97. The molecule has 0 heterocycles. The largest absolute Gasteiger partial charge is 0.349 e. The van der Waals surface area contributed by atoms with Gasteiger partial charge in [0.15, 0.2) is 0 Å². The molecule has 2 saturated carbocycles. The third-order valence-corrected chi connectivity index (χ3v) is 5.13. The van der Waals surface area contributed by atoms with Crippen LogP contribution >= 0.6 is 0 Å². The summed E-state index contributed by atoms with van der Waals surface area (Å²) < 4.78 is 0. The average molecular weight is 243 g/mol. The summed E-state index contributed by atoms with van der Waals surface area (Å²) in [6.07, 6.45) is 0. The normalized spacial score (nSPS) is 41.3. The van der Waals surface area contributed by atoms with Gasteiger partial charge in [-0.2, -0.15) is 0 Å². The van der Waals surface area contributed by atoms with Crippen LogP contribution < -0.4 is 5.32 Å². The van der Waals surface area contributed by atoms with Gasteiger partial charge in [0.25, 0.3) is 5.91 Å². The van der Waals surface area contributed by atoms with E-state index >= 15 is 0 Å². The molecule has 1 aromatic carbocycles. The van der Waals surface area contributed by atoms with Crippen molar-refractivity contribution in [2.75, 3.05) is 0 Å². The lowest BCUT2D eigenvalue weighted by molar-refractivity contribution is 0.0947. The standard InChI is InChI=1S/C16H21NO/c1-9-10(2)13(9)14-11(3)15(14)17-16(18)12-7-5-4-6-8-12/h4-11,13-15H,1-3H3,(H,17,18)/t9?,10?,11-,13?,14-,15?/m1/s1. The number of hydrogen-bond acceptors (Lipinski definition) is 1. The van der Waals surface area contributed by atoms with Crippen LogP contribution in [0, 0.1) is 29.6 Å². The third-order valence-electron chi connectivity index (χ3n) is 5.13. The SMILES string of the molecule is CC1C(C)C1[C@@H]1C(NC(=O)c2ccccc2)[C@@H]1C. The lowest BCUT2D eigenvalue weighted by atomic mass is 10.2. The van der Waals surface area contributed by atoms with Crippen molar-refractivity contribution < 1.29 is 4.79 Å². The summed E-state index contributed by atoms with van der Waals surface area (Å²) >= 11 is 0. The van der Waals surface area contributed by atoms with E-state index in [0.29, 0.717) is 17.9 Å². The van der Waals surface area contributed by atoms with E-state index in [2.05, 4.69) is 26.1 Å². The van der Waals surface area contributed by atoms with Crippen LogP contribution in [0.3, 0.4) is 0 Å². The Morgan fingerprint density at radius 1 is 0.944 bits per heavy atom. The molecule has 2 fully saturated rings. The molecule has 3 unspecified atom stereocenters. The van der Waals surface area contributed by atoms with Gasteiger partial charge < -0.3 is 5.32 Å². The number of hydrogen-bond donors (Lipinski definition) is 1. The van der Waals surface area contributed by atoms with Gasteiger partial charge >= 0.3 is 0 Å². The molecule has 2 aliphatic rings. The number of amides is 1. The predicted octanol–water partition coefficient (Wildman–Crippen LogP) is 2.95. The van der Waals surface area contributed by atoms with Crippen molar-refractivity contribution in [1.29, 1.82) is 0 Å². The van der Waals surface area contributed by atoms with Crippen LogP contribution in [0.1, 0.15) is 31.1 Å². The smallest absolute Gasteiger partial charge is 0.251 e. The molecule has 2 aliphatic carbocycles. The van der Waals surface area contributed by atoms with Crippen molar-refractivity contribution in [2.24, 2.45) is 29.6 Å². The minimum absolute atomic E-state index is 0.0795. The molecule has 18 heavy (non-hydrogen) atoms. The summed E-state index contributed by atoms with van der Waals surface area (Å²) in [5.74, 6) is 3.96. The van der Waals surface area contributed by atoms with Crippen molar-refractivity contribution in [3.8, 4) is 0 Å². The van der Waals surface area contributed by atoms with E-state index in [4.69, 9.17) is 0 Å². The van der Waals surface area contributed by atoms with Gasteiger partial charge in [0.1, 0.15) is 0 Å². The van der Waals surface area contributed by atoms with E-state index in [0.717, 1.165) is 23.3 Å². The maximum Gasteiger partial charge on any atom is 0.251 e. The molecule has 0 aromatic heterocycles. The van der Waals surface area contributed by atoms with Crippen LogP contribution in [0.2, 0.25) is 0 Å². The molecular weight excluding hydrogens is 222 g/mol. The first-order valence-electron chi connectivity index (χ1n) is 6.97. The number of nitrogens with one attached hydrogen (secondary N) is 1. The molecule has 96 valence electrons. The van der Waals surface area contributed by atoms with E-state index in [9.17, 15) is 4.79 Å². The first-order chi connectivity index (χ1) is 8.61. The minimum atomic E-state index is 0.0795. The first kappa shape index (κ1) is 11.8. The van der Waals surface area contributed by atoms with E-state index in [1.807, 2.05) is 30.3 Å². The van der Waals surface area contributed by atoms with Gasteiger partial charge in [0, 0.05) is 11.6 Å². The highest BCUT2D eigenvalue weighted by Crippen LogP contribution is 2.61. The highest BCUT2D eigenvalue weighted by molar-refractivity contribution is 5.94. The van der Waals surface area contributed by atoms with Gasteiger partial charge in [0.05, 0.1) is 0 Å². The maximum atomic E-state index is 12.1. The Labute approximate surface area is 109 Å². The molecule has 0 radical (unpaired) electrons. The summed E-state index contributed by atoms with van der Waals surface area (Å²) in [4.78, 5) is 12.1. The second-order valence-corrected chi connectivity index (χ2v) is 6.10. The van der Waals surface area contributed by atoms with E-state index in [1.165, 1.54) is 0 Å². The Morgan fingerprint density at radius 2 is 1.56 bits per heavy atom. The van der Waals surface area contributed by atoms with Gasteiger partial charge in [-0.3, -0.25) is 4.79 Å². The quantitative estimate of drug-likeness (QED) is 0.869. The topological polar surface area (TPSA) is 29.1 Å². The van der Waals surface area contributed by atoms with Gasteiger partial charge in [-0.1, -0.05) is 39.0 Å². The number of benzene rings is 1. The fraction of sp³-hybridized carbons (Fsp3) is 0.562. The van der Waals surface area contributed by atoms with E-state index in [-0.39, 0.29) is 5.91 Å². The van der Waals surface area contributed by atoms with Crippen molar-refractivity contribution in [3.05, 3.63) is 35.9 Å². The van der Waals surface area contributed by atoms with Crippen LogP contribution in [0.15, 0.2) is 30.3 Å². The highest BCUT2D eigenvalue weighted by Gasteiger charge is 2.61. The van der Waals surface area contributed by atoms with Crippen LogP contribution in [-0.4, -0.2) is 11.9 Å². The van der Waals surface area contributed by atoms with Gasteiger partial charge in [0.2, 0.25) is 0 Å². The molecular formula is C16H21NO. The molecule has 3 rings (SSSR count). The Morgan fingerprint density at radius 3 is 2.11 bits per heavy atom. The van der Waals surface area contributed by atoms with E-state index < -0.39 is 0 Å². The van der Waals surface area contributed by atoms with Crippen molar-refractivity contribution >= 4 is 5.91 Å². The molecule has 5 atom stereocenters. The monoisotopic (exact) mass is 243 g/mol. The predicted molar refractivity (Wildman–Crippen MR) is 72.2 cm³/mol. The second kappa shape index (κ2) is 4.11. The zero-order valence-corrected chi connectivity index (χ0v) is 11.3. The molecule has 1 aromatic rings.